The van der Waals surface area contributed by atoms with Gasteiger partial charge in [0.25, 0.3) is 0 Å². The summed E-state index contributed by atoms with van der Waals surface area (Å²) in [5, 5.41) is 3.38. The SMILES string of the molecule is CCNC(C)c1ccc(N2CCOC(CC)C2)cn1. The molecule has 0 spiro atoms. The van der Waals surface area contributed by atoms with Gasteiger partial charge in [0.2, 0.25) is 0 Å². The number of rotatable bonds is 5. The number of nitrogens with one attached hydrogen (secondary N) is 1. The molecule has 1 aliphatic rings. The Balaban J connectivity index is 2.01. The van der Waals surface area contributed by atoms with Crippen molar-refractivity contribution in [3.8, 4) is 0 Å². The van der Waals surface area contributed by atoms with E-state index in [1.807, 2.05) is 6.20 Å². The van der Waals surface area contributed by atoms with Crippen molar-refractivity contribution < 1.29 is 4.74 Å². The second-order valence-corrected chi connectivity index (χ2v) is 5.07. The molecule has 0 saturated carbocycles. The molecule has 1 fully saturated rings. The van der Waals surface area contributed by atoms with Gasteiger partial charge in [-0.2, -0.15) is 0 Å². The maximum absolute atomic E-state index is 5.70. The summed E-state index contributed by atoms with van der Waals surface area (Å²) in [6.45, 7) is 10.1. The van der Waals surface area contributed by atoms with E-state index in [1.54, 1.807) is 0 Å². The molecule has 1 aromatic heterocycles. The molecule has 1 aliphatic heterocycles. The van der Waals surface area contributed by atoms with Gasteiger partial charge in [0, 0.05) is 19.1 Å². The summed E-state index contributed by atoms with van der Waals surface area (Å²) in [6, 6.07) is 4.61. The first-order chi connectivity index (χ1) is 9.24. The number of pyridine rings is 1. The van der Waals surface area contributed by atoms with Crippen molar-refractivity contribution in [1.82, 2.24) is 10.3 Å². The number of aromatic nitrogens is 1. The van der Waals surface area contributed by atoms with Crippen LogP contribution in [0.1, 0.15) is 38.9 Å². The maximum Gasteiger partial charge on any atom is 0.0748 e. The largest absolute Gasteiger partial charge is 0.375 e. The second-order valence-electron chi connectivity index (χ2n) is 5.07. The van der Waals surface area contributed by atoms with Gasteiger partial charge in [0.15, 0.2) is 0 Å². The third-order valence-corrected chi connectivity index (χ3v) is 3.68. The second kappa shape index (κ2) is 6.87. The lowest BCUT2D eigenvalue weighted by atomic mass is 10.2. The molecule has 0 aromatic carbocycles. The van der Waals surface area contributed by atoms with Crippen LogP contribution in [0.2, 0.25) is 0 Å². The average molecular weight is 263 g/mol. The van der Waals surface area contributed by atoms with Crippen LogP contribution in [0.25, 0.3) is 0 Å². The molecular weight excluding hydrogens is 238 g/mol. The molecule has 0 aliphatic carbocycles. The van der Waals surface area contributed by atoms with E-state index in [1.165, 1.54) is 5.69 Å². The van der Waals surface area contributed by atoms with Gasteiger partial charge in [-0.15, -0.1) is 0 Å². The quantitative estimate of drug-likeness (QED) is 0.885. The van der Waals surface area contributed by atoms with Crippen molar-refractivity contribution in [3.63, 3.8) is 0 Å². The zero-order valence-corrected chi connectivity index (χ0v) is 12.2. The average Bonchev–Trinajstić information content (AvgIpc) is 2.48. The van der Waals surface area contributed by atoms with E-state index in [0.717, 1.165) is 38.4 Å². The lowest BCUT2D eigenvalue weighted by molar-refractivity contribution is 0.0384. The van der Waals surface area contributed by atoms with Crippen LogP contribution in [0.5, 0.6) is 0 Å². The highest BCUT2D eigenvalue weighted by molar-refractivity contribution is 5.45. The molecule has 1 aromatic rings. The molecule has 19 heavy (non-hydrogen) atoms. The van der Waals surface area contributed by atoms with Gasteiger partial charge in [0.05, 0.1) is 30.3 Å². The monoisotopic (exact) mass is 263 g/mol. The smallest absolute Gasteiger partial charge is 0.0748 e. The van der Waals surface area contributed by atoms with Gasteiger partial charge in [-0.3, -0.25) is 4.98 Å². The van der Waals surface area contributed by atoms with Crippen LogP contribution in [0, 0.1) is 0 Å². The Kier molecular flexibility index (Phi) is 5.16. The number of anilines is 1. The van der Waals surface area contributed by atoms with Crippen LogP contribution in [0.15, 0.2) is 18.3 Å². The predicted molar refractivity (Wildman–Crippen MR) is 78.6 cm³/mol. The molecule has 4 heteroatoms. The molecule has 0 amide bonds. The van der Waals surface area contributed by atoms with Gasteiger partial charge in [-0.25, -0.2) is 0 Å². The summed E-state index contributed by atoms with van der Waals surface area (Å²) in [7, 11) is 0. The Morgan fingerprint density at radius 3 is 2.95 bits per heavy atom. The standard InChI is InChI=1S/C15H25N3O/c1-4-14-11-18(8-9-19-14)13-6-7-15(17-10-13)12(3)16-5-2/h6-7,10,12,14,16H,4-5,8-9,11H2,1-3H3. The number of hydrogen-bond acceptors (Lipinski definition) is 4. The summed E-state index contributed by atoms with van der Waals surface area (Å²) in [5.41, 5.74) is 2.31. The molecule has 4 nitrogen and oxygen atoms in total. The number of hydrogen-bond donors (Lipinski definition) is 1. The molecule has 2 atom stereocenters. The normalized spacial score (nSPS) is 21.4. The van der Waals surface area contributed by atoms with Crippen molar-refractivity contribution in [2.24, 2.45) is 0 Å². The molecule has 1 N–H and O–H groups in total. The fourth-order valence-electron chi connectivity index (χ4n) is 2.45. The zero-order chi connectivity index (χ0) is 13.7. The summed E-state index contributed by atoms with van der Waals surface area (Å²) in [6.07, 6.45) is 3.41. The van der Waals surface area contributed by atoms with Crippen LogP contribution in [-0.2, 0) is 4.74 Å². The maximum atomic E-state index is 5.70. The Morgan fingerprint density at radius 2 is 2.32 bits per heavy atom. The van der Waals surface area contributed by atoms with E-state index in [2.05, 4.69) is 48.1 Å². The van der Waals surface area contributed by atoms with Crippen LogP contribution in [0.4, 0.5) is 5.69 Å². The van der Waals surface area contributed by atoms with Gasteiger partial charge in [-0.1, -0.05) is 13.8 Å². The Labute approximate surface area is 116 Å². The lowest BCUT2D eigenvalue weighted by Gasteiger charge is -2.34. The molecule has 1 saturated heterocycles. The first-order valence-electron chi connectivity index (χ1n) is 7.30. The predicted octanol–water partition coefficient (Wildman–Crippen LogP) is 2.37. The van der Waals surface area contributed by atoms with Gasteiger partial charge in [-0.05, 0) is 32.0 Å². The topological polar surface area (TPSA) is 37.4 Å². The minimum absolute atomic E-state index is 0.312. The summed E-state index contributed by atoms with van der Waals surface area (Å²) in [5.74, 6) is 0. The molecule has 2 unspecified atom stereocenters. The molecule has 0 radical (unpaired) electrons. The van der Waals surface area contributed by atoms with E-state index in [-0.39, 0.29) is 0 Å². The fourth-order valence-corrected chi connectivity index (χ4v) is 2.45. The minimum Gasteiger partial charge on any atom is -0.375 e. The van der Waals surface area contributed by atoms with Crippen molar-refractivity contribution >= 4 is 5.69 Å². The lowest BCUT2D eigenvalue weighted by Crippen LogP contribution is -2.42. The first kappa shape index (κ1) is 14.3. The van der Waals surface area contributed by atoms with Gasteiger partial charge < -0.3 is 15.0 Å². The third kappa shape index (κ3) is 3.67. The molecule has 2 rings (SSSR count). The number of ether oxygens (including phenoxy) is 1. The fraction of sp³-hybridized carbons (Fsp3) is 0.667. The van der Waals surface area contributed by atoms with E-state index in [9.17, 15) is 0 Å². The molecule has 106 valence electrons. The molecule has 2 heterocycles. The minimum atomic E-state index is 0.312. The first-order valence-corrected chi connectivity index (χ1v) is 7.30. The summed E-state index contributed by atoms with van der Waals surface area (Å²) >= 11 is 0. The highest BCUT2D eigenvalue weighted by Gasteiger charge is 2.19. The molecule has 0 bridgehead atoms. The van der Waals surface area contributed by atoms with E-state index in [0.29, 0.717) is 12.1 Å². The van der Waals surface area contributed by atoms with Crippen LogP contribution in [0.3, 0.4) is 0 Å². The number of morpholine rings is 1. The Hall–Kier alpha value is -1.13. The van der Waals surface area contributed by atoms with E-state index < -0.39 is 0 Å². The highest BCUT2D eigenvalue weighted by Crippen LogP contribution is 2.19. The van der Waals surface area contributed by atoms with Crippen molar-refractivity contribution in [2.75, 3.05) is 31.1 Å². The van der Waals surface area contributed by atoms with Crippen LogP contribution in [-0.4, -0.2) is 37.3 Å². The van der Waals surface area contributed by atoms with Crippen molar-refractivity contribution in [1.29, 1.82) is 0 Å². The van der Waals surface area contributed by atoms with Gasteiger partial charge in [0.1, 0.15) is 0 Å². The number of nitrogens with zero attached hydrogens (tertiary/aromatic N) is 2. The van der Waals surface area contributed by atoms with Crippen LogP contribution >= 0.6 is 0 Å². The summed E-state index contributed by atoms with van der Waals surface area (Å²) < 4.78 is 5.70. The highest BCUT2D eigenvalue weighted by atomic mass is 16.5. The Morgan fingerprint density at radius 1 is 1.47 bits per heavy atom. The Bertz CT molecular complexity index is 379. The van der Waals surface area contributed by atoms with Crippen molar-refractivity contribution in [2.45, 2.75) is 39.3 Å². The van der Waals surface area contributed by atoms with E-state index >= 15 is 0 Å². The third-order valence-electron chi connectivity index (χ3n) is 3.68. The zero-order valence-electron chi connectivity index (χ0n) is 12.2. The van der Waals surface area contributed by atoms with E-state index in [4.69, 9.17) is 4.74 Å². The van der Waals surface area contributed by atoms with Crippen LogP contribution < -0.4 is 10.2 Å². The van der Waals surface area contributed by atoms with Crippen molar-refractivity contribution in [3.05, 3.63) is 24.0 Å². The molecular formula is C15H25N3O. The summed E-state index contributed by atoms with van der Waals surface area (Å²) in [4.78, 5) is 6.95. The van der Waals surface area contributed by atoms with Gasteiger partial charge >= 0.3 is 0 Å².